The number of carbonyl (C=O) groups excluding carboxylic acids is 1. The molecule has 3 rings (SSSR count). The largest absolute Gasteiger partial charge is 0.385 e. The van der Waals surface area contributed by atoms with Crippen LogP contribution < -0.4 is 5.56 Å². The second-order valence-electron chi connectivity index (χ2n) is 8.07. The van der Waals surface area contributed by atoms with Gasteiger partial charge >= 0.3 is 0 Å². The molecule has 3 aromatic rings. The fourth-order valence-electron chi connectivity index (χ4n) is 4.02. The van der Waals surface area contributed by atoms with Crippen LogP contribution in [-0.2, 0) is 16.0 Å². The van der Waals surface area contributed by atoms with Crippen molar-refractivity contribution in [3.63, 3.8) is 0 Å². The zero-order chi connectivity index (χ0) is 23.8. The summed E-state index contributed by atoms with van der Waals surface area (Å²) < 4.78 is 12.2. The number of methoxy groups -OCH3 is 2. The Morgan fingerprint density at radius 1 is 1.06 bits per heavy atom. The van der Waals surface area contributed by atoms with Crippen LogP contribution in [0.25, 0.3) is 10.9 Å². The minimum Gasteiger partial charge on any atom is -0.385 e. The van der Waals surface area contributed by atoms with E-state index in [0.717, 1.165) is 5.56 Å². The van der Waals surface area contributed by atoms with E-state index < -0.39 is 0 Å². The highest BCUT2D eigenvalue weighted by molar-refractivity contribution is 5.94. The van der Waals surface area contributed by atoms with Crippen LogP contribution in [0, 0.1) is 6.92 Å². The van der Waals surface area contributed by atoms with Gasteiger partial charge in [-0.1, -0.05) is 36.8 Å². The van der Waals surface area contributed by atoms with Crippen molar-refractivity contribution in [2.75, 3.05) is 34.0 Å². The van der Waals surface area contributed by atoms with E-state index in [-0.39, 0.29) is 17.5 Å². The number of amides is 1. The number of aryl methyl sites for hydroxylation is 1. The fourth-order valence-corrected chi connectivity index (χ4v) is 4.02. The van der Waals surface area contributed by atoms with Gasteiger partial charge in [0.05, 0.1) is 30.1 Å². The topological polar surface area (TPSA) is 73.7 Å². The zero-order valence-electron chi connectivity index (χ0n) is 19.9. The minimum absolute atomic E-state index is 0.0846. The van der Waals surface area contributed by atoms with Gasteiger partial charge in [-0.3, -0.25) is 14.2 Å². The van der Waals surface area contributed by atoms with Crippen LogP contribution in [0.2, 0.25) is 0 Å². The molecule has 7 heteroatoms. The molecule has 0 N–H and O–H groups in total. The third kappa shape index (κ3) is 5.67. The van der Waals surface area contributed by atoms with Gasteiger partial charge in [-0.2, -0.15) is 0 Å². The van der Waals surface area contributed by atoms with Crippen molar-refractivity contribution in [1.82, 2.24) is 14.5 Å². The second-order valence-corrected chi connectivity index (χ2v) is 8.07. The number of carbonyl (C=O) groups is 1. The predicted octanol–water partition coefficient (Wildman–Crippen LogP) is 3.98. The highest BCUT2D eigenvalue weighted by Crippen LogP contribution is 2.26. The van der Waals surface area contributed by atoms with Crippen LogP contribution in [0.5, 0.6) is 0 Å². The first-order chi connectivity index (χ1) is 16.0. The summed E-state index contributed by atoms with van der Waals surface area (Å²) in [5.41, 5.74) is 2.21. The van der Waals surface area contributed by atoms with E-state index in [2.05, 4.69) is 0 Å². The highest BCUT2D eigenvalue weighted by atomic mass is 16.5. The van der Waals surface area contributed by atoms with Crippen molar-refractivity contribution < 1.29 is 14.3 Å². The van der Waals surface area contributed by atoms with Gasteiger partial charge < -0.3 is 14.4 Å². The summed E-state index contributed by atoms with van der Waals surface area (Å²) in [6.07, 6.45) is 1.29. The molecule has 1 heterocycles. The third-order valence-corrected chi connectivity index (χ3v) is 5.78. The van der Waals surface area contributed by atoms with Gasteiger partial charge in [-0.15, -0.1) is 0 Å². The van der Waals surface area contributed by atoms with Crippen molar-refractivity contribution in [2.24, 2.45) is 0 Å². The number of fused-ring (bicyclic) bond motifs is 1. The Morgan fingerprint density at radius 3 is 2.42 bits per heavy atom. The van der Waals surface area contributed by atoms with E-state index in [0.29, 0.717) is 61.4 Å². The van der Waals surface area contributed by atoms with Crippen LogP contribution in [0.1, 0.15) is 47.6 Å². The molecule has 0 saturated heterocycles. The molecule has 2 aromatic carbocycles. The summed E-state index contributed by atoms with van der Waals surface area (Å²) in [4.78, 5) is 33.7. The van der Waals surface area contributed by atoms with E-state index in [1.807, 2.05) is 61.2 Å². The van der Waals surface area contributed by atoms with Gasteiger partial charge in [-0.05, 0) is 44.0 Å². The van der Waals surface area contributed by atoms with Crippen molar-refractivity contribution in [3.8, 4) is 0 Å². The second kappa shape index (κ2) is 11.7. The lowest BCUT2D eigenvalue weighted by molar-refractivity contribution is 0.0629. The number of nitrogens with zero attached hydrogens (tertiary/aromatic N) is 3. The number of benzene rings is 2. The van der Waals surface area contributed by atoms with E-state index >= 15 is 0 Å². The highest BCUT2D eigenvalue weighted by Gasteiger charge is 2.29. The van der Waals surface area contributed by atoms with E-state index in [1.165, 1.54) is 0 Å². The molecule has 0 aliphatic rings. The maximum atomic E-state index is 13.6. The molecule has 1 aromatic heterocycles. The Hall–Kier alpha value is -3.03. The summed E-state index contributed by atoms with van der Waals surface area (Å²) in [7, 11) is 3.26. The van der Waals surface area contributed by atoms with Gasteiger partial charge in [0, 0.05) is 32.9 Å². The Kier molecular flexibility index (Phi) is 8.74. The summed E-state index contributed by atoms with van der Waals surface area (Å²) >= 11 is 0. The number of ether oxygens (including phenoxy) is 2. The van der Waals surface area contributed by atoms with Crippen LogP contribution in [0.15, 0.2) is 53.3 Å². The van der Waals surface area contributed by atoms with E-state index in [1.54, 1.807) is 24.9 Å². The third-order valence-electron chi connectivity index (χ3n) is 5.78. The van der Waals surface area contributed by atoms with Gasteiger partial charge in [0.15, 0.2) is 0 Å². The normalized spacial score (nSPS) is 12.1. The molecular formula is C26H33N3O4. The van der Waals surface area contributed by atoms with E-state index in [9.17, 15) is 9.59 Å². The number of hydrogen-bond donors (Lipinski definition) is 0. The van der Waals surface area contributed by atoms with Crippen molar-refractivity contribution in [2.45, 2.75) is 39.3 Å². The summed E-state index contributed by atoms with van der Waals surface area (Å²) in [6, 6.07) is 14.5. The number of aromatic nitrogens is 2. The Morgan fingerprint density at radius 2 is 1.76 bits per heavy atom. The van der Waals surface area contributed by atoms with Crippen LogP contribution >= 0.6 is 0 Å². The van der Waals surface area contributed by atoms with Crippen LogP contribution in [-0.4, -0.2) is 54.3 Å². The minimum atomic E-state index is -0.371. The molecular weight excluding hydrogens is 418 g/mol. The molecule has 33 heavy (non-hydrogen) atoms. The van der Waals surface area contributed by atoms with E-state index in [4.69, 9.17) is 14.5 Å². The van der Waals surface area contributed by atoms with Gasteiger partial charge in [0.2, 0.25) is 0 Å². The average Bonchev–Trinajstić information content (AvgIpc) is 2.83. The molecule has 0 saturated carbocycles. The molecule has 7 nitrogen and oxygen atoms in total. The molecule has 0 radical (unpaired) electrons. The molecule has 1 amide bonds. The first-order valence-electron chi connectivity index (χ1n) is 11.4. The molecule has 0 aliphatic heterocycles. The molecule has 1 unspecified atom stereocenters. The molecule has 0 bridgehead atoms. The number of hydrogen-bond acceptors (Lipinski definition) is 5. The van der Waals surface area contributed by atoms with Crippen LogP contribution in [0.3, 0.4) is 0 Å². The lowest BCUT2D eigenvalue weighted by Gasteiger charge is -2.32. The lowest BCUT2D eigenvalue weighted by atomic mass is 10.1. The molecule has 0 spiro atoms. The van der Waals surface area contributed by atoms with Gasteiger partial charge in [-0.25, -0.2) is 4.98 Å². The lowest BCUT2D eigenvalue weighted by Crippen LogP contribution is -2.40. The first kappa shape index (κ1) is 24.6. The molecule has 176 valence electrons. The summed E-state index contributed by atoms with van der Waals surface area (Å²) in [6.45, 7) is 5.77. The smallest absolute Gasteiger partial charge is 0.261 e. The molecule has 0 aliphatic carbocycles. The first-order valence-corrected chi connectivity index (χ1v) is 11.4. The number of rotatable bonds is 11. The average molecular weight is 452 g/mol. The quantitative estimate of drug-likeness (QED) is 0.412. The van der Waals surface area contributed by atoms with Crippen molar-refractivity contribution in [3.05, 3.63) is 75.8 Å². The summed E-state index contributed by atoms with van der Waals surface area (Å²) in [5.74, 6) is 0.495. The Labute approximate surface area is 195 Å². The maximum absolute atomic E-state index is 13.6. The monoisotopic (exact) mass is 451 g/mol. The zero-order valence-corrected chi connectivity index (χ0v) is 19.9. The molecule has 1 atom stereocenters. The Bertz CT molecular complexity index is 1120. The molecule has 0 fully saturated rings. The van der Waals surface area contributed by atoms with Crippen LogP contribution in [0.4, 0.5) is 0 Å². The van der Waals surface area contributed by atoms with Crippen molar-refractivity contribution >= 4 is 16.8 Å². The van der Waals surface area contributed by atoms with Gasteiger partial charge in [0.25, 0.3) is 11.5 Å². The number of para-hydroxylation sites is 1. The Balaban J connectivity index is 2.12. The van der Waals surface area contributed by atoms with Crippen molar-refractivity contribution in [1.29, 1.82) is 0 Å². The summed E-state index contributed by atoms with van der Waals surface area (Å²) in [5, 5.41) is 0.558. The predicted molar refractivity (Wildman–Crippen MR) is 130 cm³/mol. The SMILES string of the molecule is CCC(c1nc2ccccc2c(=O)n1CCOC)N(CCCOC)C(=O)c1ccc(C)cc1. The standard InChI is InChI=1S/C26H33N3O4/c1-5-23(28(15-8-17-32-3)25(30)20-13-11-19(2)12-14-20)24-27-22-10-7-6-9-21(22)26(31)29(24)16-18-33-4/h6-7,9-14,23H,5,8,15-18H2,1-4H3. The maximum Gasteiger partial charge on any atom is 0.261 e. The fraction of sp³-hybridized carbons (Fsp3) is 0.423. The van der Waals surface area contributed by atoms with Gasteiger partial charge in [0.1, 0.15) is 5.82 Å².